The number of aromatic hydroxyl groups is 1. The Hall–Kier alpha value is -1.71. The quantitative estimate of drug-likeness (QED) is 0.846. The molecule has 0 saturated carbocycles. The van der Waals surface area contributed by atoms with Gasteiger partial charge in [0.15, 0.2) is 6.10 Å². The first-order valence-corrected chi connectivity index (χ1v) is 5.55. The molecule has 1 atom stereocenters. The van der Waals surface area contributed by atoms with Crippen LogP contribution in [0.5, 0.6) is 11.5 Å². The van der Waals surface area contributed by atoms with Crippen molar-refractivity contribution < 1.29 is 14.6 Å². The third-order valence-corrected chi connectivity index (χ3v) is 2.02. The molecule has 0 aromatic heterocycles. The third kappa shape index (κ3) is 4.76. The van der Waals surface area contributed by atoms with Crippen LogP contribution in [-0.2, 0) is 4.79 Å². The fourth-order valence-electron chi connectivity index (χ4n) is 1.25. The van der Waals surface area contributed by atoms with Crippen molar-refractivity contribution >= 4 is 5.91 Å². The fraction of sp³-hybridized carbons (Fsp3) is 0.462. The molecule has 4 heteroatoms. The first kappa shape index (κ1) is 13.4. The van der Waals surface area contributed by atoms with E-state index in [2.05, 4.69) is 5.32 Å². The highest BCUT2D eigenvalue weighted by Crippen LogP contribution is 2.17. The normalized spacial score (nSPS) is 12.9. The molecule has 1 amide bonds. The van der Waals surface area contributed by atoms with E-state index in [-0.39, 0.29) is 17.2 Å². The van der Waals surface area contributed by atoms with Crippen molar-refractivity contribution in [3.05, 3.63) is 24.3 Å². The van der Waals surface area contributed by atoms with E-state index in [0.717, 1.165) is 0 Å². The molecule has 0 aliphatic carbocycles. The Morgan fingerprint density at radius 1 is 1.29 bits per heavy atom. The molecule has 0 aliphatic rings. The van der Waals surface area contributed by atoms with E-state index < -0.39 is 6.10 Å². The van der Waals surface area contributed by atoms with Crippen molar-refractivity contribution in [2.45, 2.75) is 39.3 Å². The number of phenolic OH excluding ortho intramolecular Hbond substituents is 1. The van der Waals surface area contributed by atoms with Crippen LogP contribution in [0.1, 0.15) is 27.7 Å². The fourth-order valence-corrected chi connectivity index (χ4v) is 1.25. The van der Waals surface area contributed by atoms with E-state index in [4.69, 9.17) is 9.84 Å². The van der Waals surface area contributed by atoms with Crippen LogP contribution in [0.25, 0.3) is 0 Å². The molecule has 1 unspecified atom stereocenters. The maximum absolute atomic E-state index is 11.7. The molecular formula is C13H19NO3. The molecule has 1 rings (SSSR count). The molecule has 94 valence electrons. The number of hydrogen-bond acceptors (Lipinski definition) is 3. The van der Waals surface area contributed by atoms with Crippen molar-refractivity contribution in [2.24, 2.45) is 0 Å². The van der Waals surface area contributed by atoms with Gasteiger partial charge in [-0.3, -0.25) is 4.79 Å². The number of hydrogen-bond donors (Lipinski definition) is 2. The number of benzene rings is 1. The molecular weight excluding hydrogens is 218 g/mol. The van der Waals surface area contributed by atoms with Crippen molar-refractivity contribution in [3.8, 4) is 11.5 Å². The molecule has 0 fully saturated rings. The van der Waals surface area contributed by atoms with Crippen LogP contribution < -0.4 is 10.1 Å². The predicted octanol–water partition coefficient (Wildman–Crippen LogP) is 2.07. The second-order valence-corrected chi connectivity index (χ2v) is 4.99. The van der Waals surface area contributed by atoms with E-state index in [9.17, 15) is 4.79 Å². The van der Waals surface area contributed by atoms with E-state index in [1.54, 1.807) is 19.1 Å². The first-order chi connectivity index (χ1) is 7.78. The smallest absolute Gasteiger partial charge is 0.261 e. The van der Waals surface area contributed by atoms with E-state index in [0.29, 0.717) is 5.75 Å². The summed E-state index contributed by atoms with van der Waals surface area (Å²) >= 11 is 0. The number of carbonyl (C=O) groups is 1. The minimum Gasteiger partial charge on any atom is -0.508 e. The Bertz CT molecular complexity index is 379. The summed E-state index contributed by atoms with van der Waals surface area (Å²) in [6.07, 6.45) is -0.571. The van der Waals surface area contributed by atoms with Gasteiger partial charge in [-0.25, -0.2) is 0 Å². The second-order valence-electron chi connectivity index (χ2n) is 4.99. The van der Waals surface area contributed by atoms with Crippen molar-refractivity contribution in [2.75, 3.05) is 0 Å². The van der Waals surface area contributed by atoms with Gasteiger partial charge in [-0.05, 0) is 52.0 Å². The minimum atomic E-state index is -0.571. The van der Waals surface area contributed by atoms with Gasteiger partial charge in [-0.2, -0.15) is 0 Å². The van der Waals surface area contributed by atoms with Gasteiger partial charge in [0.2, 0.25) is 0 Å². The van der Waals surface area contributed by atoms with Crippen LogP contribution in [0.4, 0.5) is 0 Å². The van der Waals surface area contributed by atoms with Crippen LogP contribution >= 0.6 is 0 Å². The predicted molar refractivity (Wildman–Crippen MR) is 66.1 cm³/mol. The number of ether oxygens (including phenoxy) is 1. The molecule has 0 aliphatic heterocycles. The van der Waals surface area contributed by atoms with Gasteiger partial charge in [-0.1, -0.05) is 0 Å². The number of amides is 1. The Balaban J connectivity index is 2.57. The summed E-state index contributed by atoms with van der Waals surface area (Å²) in [6.45, 7) is 7.43. The molecule has 1 aromatic rings. The molecule has 17 heavy (non-hydrogen) atoms. The maximum atomic E-state index is 11.7. The van der Waals surface area contributed by atoms with Gasteiger partial charge < -0.3 is 15.2 Å². The van der Waals surface area contributed by atoms with Crippen LogP contribution in [0.3, 0.4) is 0 Å². The second kappa shape index (κ2) is 5.08. The van der Waals surface area contributed by atoms with Gasteiger partial charge in [-0.15, -0.1) is 0 Å². The highest BCUT2D eigenvalue weighted by atomic mass is 16.5. The Morgan fingerprint density at radius 3 is 2.29 bits per heavy atom. The summed E-state index contributed by atoms with van der Waals surface area (Å²) in [4.78, 5) is 11.7. The van der Waals surface area contributed by atoms with E-state index in [1.807, 2.05) is 20.8 Å². The maximum Gasteiger partial charge on any atom is 0.261 e. The van der Waals surface area contributed by atoms with E-state index >= 15 is 0 Å². The summed E-state index contributed by atoms with van der Waals surface area (Å²) in [7, 11) is 0. The van der Waals surface area contributed by atoms with Crippen molar-refractivity contribution in [3.63, 3.8) is 0 Å². The average molecular weight is 237 g/mol. The average Bonchev–Trinajstić information content (AvgIpc) is 2.19. The van der Waals surface area contributed by atoms with Gasteiger partial charge in [0.25, 0.3) is 5.91 Å². The molecule has 0 heterocycles. The van der Waals surface area contributed by atoms with Crippen molar-refractivity contribution in [1.29, 1.82) is 0 Å². The van der Waals surface area contributed by atoms with E-state index in [1.165, 1.54) is 12.1 Å². The topological polar surface area (TPSA) is 58.6 Å². The van der Waals surface area contributed by atoms with Crippen LogP contribution in [0.15, 0.2) is 24.3 Å². The molecule has 0 bridgehead atoms. The van der Waals surface area contributed by atoms with Gasteiger partial charge in [0.05, 0.1) is 0 Å². The Labute approximate surface area is 102 Å². The van der Waals surface area contributed by atoms with Crippen LogP contribution in [-0.4, -0.2) is 22.7 Å². The molecule has 0 saturated heterocycles. The number of phenols is 1. The lowest BCUT2D eigenvalue weighted by Gasteiger charge is -2.23. The highest BCUT2D eigenvalue weighted by Gasteiger charge is 2.20. The Morgan fingerprint density at radius 2 is 1.82 bits per heavy atom. The SMILES string of the molecule is CC(Oc1ccc(O)cc1)C(=O)NC(C)(C)C. The number of carbonyl (C=O) groups excluding carboxylic acids is 1. The summed E-state index contributed by atoms with van der Waals surface area (Å²) in [5.41, 5.74) is -0.274. The lowest BCUT2D eigenvalue weighted by atomic mass is 10.1. The molecule has 1 aromatic carbocycles. The zero-order valence-corrected chi connectivity index (χ0v) is 10.7. The molecule has 0 radical (unpaired) electrons. The summed E-state index contributed by atoms with van der Waals surface area (Å²) in [5, 5.41) is 12.0. The monoisotopic (exact) mass is 237 g/mol. The summed E-state index contributed by atoms with van der Waals surface area (Å²) in [6, 6.07) is 6.28. The van der Waals surface area contributed by atoms with Crippen molar-refractivity contribution in [1.82, 2.24) is 5.32 Å². The minimum absolute atomic E-state index is 0.162. The standard InChI is InChI=1S/C13H19NO3/c1-9(12(16)14-13(2,3)4)17-11-7-5-10(15)6-8-11/h5-9,15H,1-4H3,(H,14,16). The van der Waals surface area contributed by atoms with Crippen LogP contribution in [0, 0.1) is 0 Å². The summed E-state index contributed by atoms with van der Waals surface area (Å²) in [5.74, 6) is 0.564. The first-order valence-electron chi connectivity index (χ1n) is 5.55. The number of nitrogens with one attached hydrogen (secondary N) is 1. The Kier molecular flexibility index (Phi) is 3.99. The third-order valence-electron chi connectivity index (χ3n) is 2.02. The zero-order chi connectivity index (χ0) is 13.1. The van der Waals surface area contributed by atoms with Gasteiger partial charge in [0, 0.05) is 5.54 Å². The molecule has 0 spiro atoms. The zero-order valence-electron chi connectivity index (χ0n) is 10.7. The molecule has 4 nitrogen and oxygen atoms in total. The largest absolute Gasteiger partial charge is 0.508 e. The lowest BCUT2D eigenvalue weighted by molar-refractivity contribution is -0.128. The summed E-state index contributed by atoms with van der Waals surface area (Å²) < 4.78 is 5.45. The highest BCUT2D eigenvalue weighted by molar-refractivity contribution is 5.81. The molecule has 2 N–H and O–H groups in total. The van der Waals surface area contributed by atoms with Gasteiger partial charge >= 0.3 is 0 Å². The van der Waals surface area contributed by atoms with Gasteiger partial charge in [0.1, 0.15) is 11.5 Å². The lowest BCUT2D eigenvalue weighted by Crippen LogP contribution is -2.46. The van der Waals surface area contributed by atoms with Crippen LogP contribution in [0.2, 0.25) is 0 Å². The number of rotatable bonds is 3.